The number of rotatable bonds is 18. The third-order valence-corrected chi connectivity index (χ3v) is 19.6. The van der Waals surface area contributed by atoms with E-state index in [1.165, 1.54) is 42.7 Å². The van der Waals surface area contributed by atoms with Gasteiger partial charge < -0.3 is 26.4 Å². The highest BCUT2D eigenvalue weighted by molar-refractivity contribution is 6.31. The molecular weight excluding hydrogens is 1260 g/mol. The van der Waals surface area contributed by atoms with Crippen molar-refractivity contribution in [1.82, 2.24) is 29.9 Å². The topological polar surface area (TPSA) is 217 Å². The Morgan fingerprint density at radius 1 is 0.570 bits per heavy atom. The molecule has 0 radical (unpaired) electrons. The quantitative estimate of drug-likeness (QED) is 0.0506. The normalized spacial score (nSPS) is 20.6. The van der Waals surface area contributed by atoms with E-state index in [0.717, 1.165) is 86.4 Å². The first-order valence-corrected chi connectivity index (χ1v) is 32.8. The lowest BCUT2D eigenvalue weighted by Crippen LogP contribution is -2.41. The maximum absolute atomic E-state index is 13.3. The highest BCUT2D eigenvalue weighted by Crippen LogP contribution is 2.46. The van der Waals surface area contributed by atoms with Crippen LogP contribution >= 0.6 is 34.8 Å². The molecule has 6 atom stereocenters. The molecule has 0 spiro atoms. The maximum Gasteiger partial charge on any atom is 0.418 e. The summed E-state index contributed by atoms with van der Waals surface area (Å²) >= 11 is 17.8. The van der Waals surface area contributed by atoms with Crippen LogP contribution in [0.5, 0.6) is 0 Å². The molecule has 0 bridgehead atoms. The monoisotopic (exact) mass is 1340 g/mol. The van der Waals surface area contributed by atoms with Crippen LogP contribution < -0.4 is 21.3 Å². The van der Waals surface area contributed by atoms with E-state index >= 15 is 0 Å². The third-order valence-electron chi connectivity index (χ3n) is 18.9. The first-order chi connectivity index (χ1) is 43.8. The third kappa shape index (κ3) is 21.0. The Morgan fingerprint density at radius 2 is 1.09 bits per heavy atom. The molecule has 3 aliphatic rings. The number of nitrogens with zero attached hydrogens (tertiary/aromatic N) is 9. The Kier molecular flexibility index (Phi) is 25.2. The van der Waals surface area contributed by atoms with Gasteiger partial charge in [0.05, 0.1) is 63.4 Å². The van der Waals surface area contributed by atoms with Crippen molar-refractivity contribution < 1.29 is 31.4 Å². The first kappa shape index (κ1) is 73.4. The van der Waals surface area contributed by atoms with Gasteiger partial charge in [-0.1, -0.05) is 108 Å². The molecular formula is C70H84Cl3F6N13O. The molecule has 0 amide bonds. The Bertz CT molecular complexity index is 3540. The highest BCUT2D eigenvalue weighted by Gasteiger charge is 2.39. The average molecular weight is 1340 g/mol. The lowest BCUT2D eigenvalue weighted by atomic mass is 9.65. The predicted octanol–water partition coefficient (Wildman–Crippen LogP) is 17.7. The summed E-state index contributed by atoms with van der Waals surface area (Å²) in [7, 11) is 0. The summed E-state index contributed by atoms with van der Waals surface area (Å²) in [5.41, 5.74) is 4.05. The maximum atomic E-state index is 13.3. The molecule has 9 rings (SSSR count). The molecule has 3 saturated carbocycles. The number of hydrogen-bond acceptors (Lipinski definition) is 14. The summed E-state index contributed by atoms with van der Waals surface area (Å²) in [4.78, 5) is 26.2. The second-order valence-corrected chi connectivity index (χ2v) is 28.5. The van der Waals surface area contributed by atoms with Crippen LogP contribution in [0.3, 0.4) is 0 Å². The first-order valence-electron chi connectivity index (χ1n) is 31.7. The summed E-state index contributed by atoms with van der Waals surface area (Å²) < 4.78 is 79.8. The minimum Gasteiger partial charge on any atom is -0.393 e. The van der Waals surface area contributed by atoms with Gasteiger partial charge in [-0.25, -0.2) is 24.9 Å². The molecule has 6 aromatic rings. The molecule has 3 heterocycles. The summed E-state index contributed by atoms with van der Waals surface area (Å²) in [6.45, 7) is 21.0. The standard InChI is InChI=1S/2C24H28ClF3N4.C22H28ClN5O/c1-15-4-5-16(12-23(15,2)3)10-21-18(13-29)14-31-22(32-21)30-9-8-17-11-19(25)6-7-20(17)24(26,27)28;1-15-7-8-16(12-23(15,2)3)11-20-18(13-29)14-31-22(32-20)30-10-9-17-5-4-6-19(25)21(17)24(26,27)28;1-14-8-15(10-17(23)9-14)6-7-25-21-26-13-16(12-24)20(28-21)27-18-4-5-19(29)22(2,3)11-18/h6-7,11,14-16H,4-5,8-10,12H2,1-3H3,(H,30,31,32);4-6,14-16H,7-12H2,1-3H3,(H,30,31,32);8-10,13,18-19,29H,4-7,11H2,1-3H3,(H2,25,26,27,28)/t2*15-,16-;18-,19+/m001/s1. The fourth-order valence-corrected chi connectivity index (χ4v) is 13.7. The number of alkyl halides is 6. The molecule has 5 N–H and O–H groups in total. The smallest absolute Gasteiger partial charge is 0.393 e. The summed E-state index contributed by atoms with van der Waals surface area (Å²) in [5.74, 6) is 3.86. The number of aryl methyl sites for hydroxylation is 1. The van der Waals surface area contributed by atoms with Gasteiger partial charge in [-0.3, -0.25) is 0 Å². The van der Waals surface area contributed by atoms with Gasteiger partial charge in [-0.05, 0) is 195 Å². The molecule has 3 fully saturated rings. The predicted molar refractivity (Wildman–Crippen MR) is 355 cm³/mol. The van der Waals surface area contributed by atoms with Crippen LogP contribution in [0.1, 0.15) is 175 Å². The fourth-order valence-electron chi connectivity index (χ4n) is 12.9. The van der Waals surface area contributed by atoms with Gasteiger partial charge in [0.15, 0.2) is 0 Å². The van der Waals surface area contributed by atoms with Crippen LogP contribution in [0.25, 0.3) is 0 Å². The van der Waals surface area contributed by atoms with Gasteiger partial charge in [0.25, 0.3) is 0 Å². The Balaban J connectivity index is 0.000000198. The van der Waals surface area contributed by atoms with Crippen molar-refractivity contribution in [2.75, 3.05) is 40.9 Å². The van der Waals surface area contributed by atoms with Gasteiger partial charge in [0.2, 0.25) is 17.8 Å². The Labute approximate surface area is 558 Å². The molecule has 0 saturated heterocycles. The highest BCUT2D eigenvalue weighted by atomic mass is 35.5. The van der Waals surface area contributed by atoms with E-state index < -0.39 is 23.5 Å². The number of aromatic nitrogens is 6. The minimum absolute atomic E-state index is 0.114. The second-order valence-electron chi connectivity index (χ2n) is 27.2. The molecule has 3 aliphatic carbocycles. The van der Waals surface area contributed by atoms with Crippen molar-refractivity contribution in [2.24, 2.45) is 39.9 Å². The van der Waals surface area contributed by atoms with Crippen molar-refractivity contribution in [3.63, 3.8) is 0 Å². The van der Waals surface area contributed by atoms with Crippen LogP contribution in [0.2, 0.25) is 15.1 Å². The molecule has 498 valence electrons. The van der Waals surface area contributed by atoms with Crippen molar-refractivity contribution in [3.8, 4) is 18.2 Å². The molecule has 3 aromatic heterocycles. The van der Waals surface area contributed by atoms with Crippen molar-refractivity contribution in [3.05, 3.63) is 150 Å². The molecule has 3 aromatic carbocycles. The number of aliphatic hydroxyl groups excluding tert-OH is 1. The van der Waals surface area contributed by atoms with Gasteiger partial charge in [0.1, 0.15) is 29.6 Å². The van der Waals surface area contributed by atoms with E-state index in [9.17, 15) is 47.2 Å². The lowest BCUT2D eigenvalue weighted by Gasteiger charge is -2.41. The van der Waals surface area contributed by atoms with Gasteiger partial charge in [-0.15, -0.1) is 0 Å². The van der Waals surface area contributed by atoms with Crippen LogP contribution in [0.15, 0.2) is 73.2 Å². The van der Waals surface area contributed by atoms with E-state index in [1.54, 1.807) is 6.20 Å². The zero-order chi connectivity index (χ0) is 68.1. The number of aliphatic hydroxyl groups is 1. The number of anilines is 4. The zero-order valence-electron chi connectivity index (χ0n) is 54.3. The molecule has 0 aliphatic heterocycles. The minimum atomic E-state index is -4.52. The summed E-state index contributed by atoms with van der Waals surface area (Å²) in [6, 6.07) is 20.4. The average Bonchev–Trinajstić information content (AvgIpc) is 0.906. The second kappa shape index (κ2) is 31.9. The molecule has 93 heavy (non-hydrogen) atoms. The van der Waals surface area contributed by atoms with Gasteiger partial charge >= 0.3 is 12.4 Å². The van der Waals surface area contributed by atoms with Crippen LogP contribution in [-0.4, -0.2) is 66.8 Å². The molecule has 14 nitrogen and oxygen atoms in total. The van der Waals surface area contributed by atoms with E-state index in [-0.39, 0.29) is 75.5 Å². The van der Waals surface area contributed by atoms with Crippen molar-refractivity contribution >= 4 is 58.5 Å². The van der Waals surface area contributed by atoms with E-state index in [2.05, 4.69) is 131 Å². The Morgan fingerprint density at radius 3 is 1.58 bits per heavy atom. The van der Waals surface area contributed by atoms with E-state index in [1.807, 2.05) is 19.1 Å². The van der Waals surface area contributed by atoms with Crippen molar-refractivity contribution in [2.45, 2.75) is 177 Å². The van der Waals surface area contributed by atoms with Gasteiger partial charge in [0, 0.05) is 35.7 Å². The van der Waals surface area contributed by atoms with Crippen molar-refractivity contribution in [1.29, 1.82) is 15.8 Å². The number of benzene rings is 3. The number of halogens is 9. The summed E-state index contributed by atoms with van der Waals surface area (Å²) in [5, 5.41) is 51.8. The van der Waals surface area contributed by atoms with E-state index in [0.29, 0.717) is 94.8 Å². The van der Waals surface area contributed by atoms with Crippen LogP contribution in [-0.2, 0) is 44.5 Å². The zero-order valence-corrected chi connectivity index (χ0v) is 56.6. The van der Waals surface area contributed by atoms with E-state index in [4.69, 9.17) is 34.8 Å². The summed E-state index contributed by atoms with van der Waals surface area (Å²) in [6.07, 6.45) is 6.71. The van der Waals surface area contributed by atoms with Gasteiger partial charge in [-0.2, -0.15) is 47.1 Å². The van der Waals surface area contributed by atoms with Crippen LogP contribution in [0, 0.1) is 80.8 Å². The largest absolute Gasteiger partial charge is 0.418 e. The van der Waals surface area contributed by atoms with Crippen LogP contribution in [0.4, 0.5) is 50.0 Å². The SMILES string of the molecule is C[C@H]1CC[C@@H](Cc2nc(NCCc3cc(Cl)ccc3C(F)(F)F)ncc2C#N)CC1(C)C.C[C@H]1CC[C@@H](Cc2nc(NCCc3cccc(Cl)c3C(F)(F)F)ncc2C#N)CC1(C)C.Cc1cc(Cl)cc(CCNc2ncc(C#N)c(N[C@@H]3CC[C@H](O)C(C)(C)C3)n2)c1. The number of nitriles is 3. The molecule has 23 heteroatoms. The lowest BCUT2D eigenvalue weighted by molar-refractivity contribution is -0.139. The Hall–Kier alpha value is -7.02. The number of nitrogens with one attached hydrogen (secondary N) is 4. The molecule has 0 unspecified atom stereocenters. The number of hydrogen-bond donors (Lipinski definition) is 5. The fraction of sp³-hybridized carbons (Fsp3) is 0.529.